The molecule has 3 heteroatoms. The summed E-state index contributed by atoms with van der Waals surface area (Å²) in [6.07, 6.45) is 5.11. The van der Waals surface area contributed by atoms with Crippen molar-refractivity contribution in [3.8, 4) is 0 Å². The maximum atomic E-state index is 10.9. The zero-order chi connectivity index (χ0) is 12.3. The van der Waals surface area contributed by atoms with Crippen LogP contribution in [-0.4, -0.2) is 16.3 Å². The number of aromatic carboxylic acids is 1. The van der Waals surface area contributed by atoms with Crippen LogP contribution in [0.1, 0.15) is 43.0 Å². The van der Waals surface area contributed by atoms with E-state index in [1.54, 1.807) is 12.1 Å². The Morgan fingerprint density at radius 3 is 2.65 bits per heavy atom. The molecule has 2 nitrogen and oxygen atoms in total. The van der Waals surface area contributed by atoms with E-state index in [-0.39, 0.29) is 0 Å². The number of carbonyl (C=O) groups is 1. The summed E-state index contributed by atoms with van der Waals surface area (Å²) in [4.78, 5) is 12.0. The van der Waals surface area contributed by atoms with E-state index in [0.717, 1.165) is 10.8 Å². The molecular weight excluding hydrogens is 232 g/mol. The molecule has 0 radical (unpaired) electrons. The smallest absolute Gasteiger partial charge is 0.335 e. The van der Waals surface area contributed by atoms with Crippen molar-refractivity contribution in [2.75, 3.05) is 0 Å². The van der Waals surface area contributed by atoms with Gasteiger partial charge in [-0.3, -0.25) is 0 Å². The molecule has 0 aliphatic heterocycles. The van der Waals surface area contributed by atoms with Gasteiger partial charge in [-0.05, 0) is 49.8 Å². The van der Waals surface area contributed by atoms with E-state index in [4.69, 9.17) is 5.11 Å². The maximum absolute atomic E-state index is 10.9. The molecule has 1 aliphatic rings. The van der Waals surface area contributed by atoms with Gasteiger partial charge in [-0.2, -0.15) is 0 Å². The summed E-state index contributed by atoms with van der Waals surface area (Å²) in [5.41, 5.74) is 0.388. The molecule has 0 bridgehead atoms. The number of benzene rings is 1. The van der Waals surface area contributed by atoms with Gasteiger partial charge in [0.05, 0.1) is 5.56 Å². The molecular formula is C14H18O2S. The van der Waals surface area contributed by atoms with Crippen molar-refractivity contribution < 1.29 is 9.90 Å². The normalized spacial score (nSPS) is 24.5. The van der Waals surface area contributed by atoms with Gasteiger partial charge in [0.1, 0.15) is 0 Å². The van der Waals surface area contributed by atoms with Gasteiger partial charge in [-0.1, -0.05) is 13.0 Å². The summed E-state index contributed by atoms with van der Waals surface area (Å²) in [7, 11) is 0. The Morgan fingerprint density at radius 1 is 1.29 bits per heavy atom. The molecule has 0 heterocycles. The third-order valence-electron chi connectivity index (χ3n) is 3.35. The van der Waals surface area contributed by atoms with Crippen LogP contribution in [0.3, 0.4) is 0 Å². The lowest BCUT2D eigenvalue weighted by molar-refractivity contribution is 0.0696. The van der Waals surface area contributed by atoms with Gasteiger partial charge in [0.2, 0.25) is 0 Å². The van der Waals surface area contributed by atoms with Crippen molar-refractivity contribution in [1.29, 1.82) is 0 Å². The molecule has 17 heavy (non-hydrogen) atoms. The van der Waals surface area contributed by atoms with Crippen LogP contribution in [0, 0.1) is 5.92 Å². The molecule has 1 aliphatic carbocycles. The molecule has 92 valence electrons. The fourth-order valence-corrected chi connectivity index (χ4v) is 3.49. The van der Waals surface area contributed by atoms with Crippen molar-refractivity contribution in [1.82, 2.24) is 0 Å². The lowest BCUT2D eigenvalue weighted by atomic mass is 9.91. The second kappa shape index (κ2) is 5.58. The van der Waals surface area contributed by atoms with Crippen LogP contribution in [-0.2, 0) is 0 Å². The Morgan fingerprint density at radius 2 is 2.00 bits per heavy atom. The van der Waals surface area contributed by atoms with Crippen LogP contribution in [0.4, 0.5) is 0 Å². The molecule has 0 atom stereocenters. The molecule has 1 saturated carbocycles. The molecule has 0 saturated heterocycles. The van der Waals surface area contributed by atoms with Crippen LogP contribution >= 0.6 is 11.8 Å². The van der Waals surface area contributed by atoms with Crippen LogP contribution in [0.25, 0.3) is 0 Å². The van der Waals surface area contributed by atoms with Crippen LogP contribution < -0.4 is 0 Å². The first-order valence-electron chi connectivity index (χ1n) is 6.15. The zero-order valence-corrected chi connectivity index (χ0v) is 10.9. The standard InChI is InChI=1S/C14H18O2S/c1-10-5-7-12(8-6-10)17-13-4-2-3-11(9-13)14(15)16/h2-4,9-10,12H,5-8H2,1H3,(H,15,16). The van der Waals surface area contributed by atoms with E-state index in [1.807, 2.05) is 23.9 Å². The molecule has 1 N–H and O–H groups in total. The molecule has 2 rings (SSSR count). The minimum Gasteiger partial charge on any atom is -0.478 e. The van der Waals surface area contributed by atoms with Crippen LogP contribution in [0.2, 0.25) is 0 Å². The first kappa shape index (κ1) is 12.5. The first-order chi connectivity index (χ1) is 8.15. The molecule has 1 fully saturated rings. The lowest BCUT2D eigenvalue weighted by Gasteiger charge is -2.25. The van der Waals surface area contributed by atoms with E-state index in [1.165, 1.54) is 25.7 Å². The van der Waals surface area contributed by atoms with Gasteiger partial charge in [0.15, 0.2) is 0 Å². The Kier molecular flexibility index (Phi) is 4.11. The molecule has 1 aromatic carbocycles. The minimum absolute atomic E-state index is 0.388. The first-order valence-corrected chi connectivity index (χ1v) is 7.03. The number of hydrogen-bond donors (Lipinski definition) is 1. The topological polar surface area (TPSA) is 37.3 Å². The number of thioether (sulfide) groups is 1. The summed E-state index contributed by atoms with van der Waals surface area (Å²) in [6.45, 7) is 2.31. The second-order valence-electron chi connectivity index (χ2n) is 4.83. The summed E-state index contributed by atoms with van der Waals surface area (Å²) in [5, 5.41) is 9.60. The molecule has 0 aromatic heterocycles. The van der Waals surface area contributed by atoms with Gasteiger partial charge in [-0.25, -0.2) is 4.79 Å². The van der Waals surface area contributed by atoms with Gasteiger partial charge < -0.3 is 5.11 Å². The number of carboxylic acids is 1. The summed E-state index contributed by atoms with van der Waals surface area (Å²) >= 11 is 1.83. The van der Waals surface area contributed by atoms with Gasteiger partial charge in [0, 0.05) is 10.1 Å². The van der Waals surface area contributed by atoms with Crippen LogP contribution in [0.15, 0.2) is 29.2 Å². The third-order valence-corrected chi connectivity index (χ3v) is 4.68. The van der Waals surface area contributed by atoms with E-state index < -0.39 is 5.97 Å². The third kappa shape index (κ3) is 3.50. The Labute approximate surface area is 106 Å². The van der Waals surface area contributed by atoms with Gasteiger partial charge in [0.25, 0.3) is 0 Å². The number of carboxylic acid groups (broad SMARTS) is 1. The van der Waals surface area contributed by atoms with Crippen molar-refractivity contribution in [2.45, 2.75) is 42.8 Å². The zero-order valence-electron chi connectivity index (χ0n) is 10.1. The largest absolute Gasteiger partial charge is 0.478 e. The highest BCUT2D eigenvalue weighted by Crippen LogP contribution is 2.35. The average molecular weight is 250 g/mol. The predicted molar refractivity (Wildman–Crippen MR) is 70.7 cm³/mol. The van der Waals surface area contributed by atoms with Crippen LogP contribution in [0.5, 0.6) is 0 Å². The highest BCUT2D eigenvalue weighted by molar-refractivity contribution is 8.00. The number of hydrogen-bond acceptors (Lipinski definition) is 2. The summed E-state index contributed by atoms with van der Waals surface area (Å²) in [5.74, 6) is 0.0157. The molecule has 0 unspecified atom stereocenters. The average Bonchev–Trinajstić information content (AvgIpc) is 2.32. The summed E-state index contributed by atoms with van der Waals surface area (Å²) < 4.78 is 0. The van der Waals surface area contributed by atoms with Gasteiger partial charge in [-0.15, -0.1) is 11.8 Å². The summed E-state index contributed by atoms with van der Waals surface area (Å²) in [6, 6.07) is 7.27. The van der Waals surface area contributed by atoms with Crippen molar-refractivity contribution >= 4 is 17.7 Å². The highest BCUT2D eigenvalue weighted by Gasteiger charge is 2.19. The van der Waals surface area contributed by atoms with E-state index in [0.29, 0.717) is 10.8 Å². The Balaban J connectivity index is 1.98. The molecule has 0 amide bonds. The van der Waals surface area contributed by atoms with Crippen molar-refractivity contribution in [3.05, 3.63) is 29.8 Å². The van der Waals surface area contributed by atoms with E-state index >= 15 is 0 Å². The lowest BCUT2D eigenvalue weighted by Crippen LogP contribution is -2.13. The predicted octanol–water partition coefficient (Wildman–Crippen LogP) is 4.06. The van der Waals surface area contributed by atoms with Crippen molar-refractivity contribution in [3.63, 3.8) is 0 Å². The Bertz CT molecular complexity index is 395. The minimum atomic E-state index is -0.843. The van der Waals surface area contributed by atoms with E-state index in [9.17, 15) is 4.79 Å². The van der Waals surface area contributed by atoms with Crippen molar-refractivity contribution in [2.24, 2.45) is 5.92 Å². The second-order valence-corrected chi connectivity index (χ2v) is 6.21. The van der Waals surface area contributed by atoms with E-state index in [2.05, 4.69) is 6.92 Å². The Hall–Kier alpha value is -0.960. The van der Waals surface area contributed by atoms with Gasteiger partial charge >= 0.3 is 5.97 Å². The molecule has 0 spiro atoms. The maximum Gasteiger partial charge on any atom is 0.335 e. The number of rotatable bonds is 3. The quantitative estimate of drug-likeness (QED) is 0.879. The monoisotopic (exact) mass is 250 g/mol. The SMILES string of the molecule is CC1CCC(Sc2cccc(C(=O)O)c2)CC1. The fourth-order valence-electron chi connectivity index (χ4n) is 2.24. The fraction of sp³-hybridized carbons (Fsp3) is 0.500. The highest BCUT2D eigenvalue weighted by atomic mass is 32.2. The molecule has 1 aromatic rings.